The predicted molar refractivity (Wildman–Crippen MR) is 88.5 cm³/mol. The van der Waals surface area contributed by atoms with E-state index in [0.29, 0.717) is 24.5 Å². The lowest BCUT2D eigenvalue weighted by Gasteiger charge is -2.24. The van der Waals surface area contributed by atoms with Crippen LogP contribution in [0.1, 0.15) is 12.1 Å². The van der Waals surface area contributed by atoms with Gasteiger partial charge in [0, 0.05) is 36.5 Å². The van der Waals surface area contributed by atoms with Crippen LogP contribution in [0.15, 0.2) is 52.8 Å². The number of nitrogens with zero attached hydrogens (tertiary/aromatic N) is 3. The lowest BCUT2D eigenvalue weighted by Crippen LogP contribution is -2.26. The molecule has 2 heterocycles. The van der Waals surface area contributed by atoms with Crippen LogP contribution >= 0.6 is 11.3 Å². The number of rotatable bonds is 6. The van der Waals surface area contributed by atoms with Gasteiger partial charge in [0.1, 0.15) is 0 Å². The maximum absolute atomic E-state index is 12.1. The first-order chi connectivity index (χ1) is 10.8. The number of para-hydroxylation sites is 1. The molecule has 0 fully saturated rings. The van der Waals surface area contributed by atoms with Gasteiger partial charge in [-0.1, -0.05) is 18.2 Å². The highest BCUT2D eigenvalue weighted by atomic mass is 32.1. The van der Waals surface area contributed by atoms with Crippen molar-refractivity contribution >= 4 is 22.0 Å². The van der Waals surface area contributed by atoms with E-state index < -0.39 is 0 Å². The van der Waals surface area contributed by atoms with Crippen LogP contribution in [-0.4, -0.2) is 27.6 Å². The quantitative estimate of drug-likeness (QED) is 0.757. The van der Waals surface area contributed by atoms with Crippen molar-refractivity contribution in [2.75, 3.05) is 18.1 Å². The van der Waals surface area contributed by atoms with Gasteiger partial charge in [0.25, 0.3) is 5.56 Å². The van der Waals surface area contributed by atoms with E-state index in [2.05, 4.69) is 9.88 Å². The van der Waals surface area contributed by atoms with Crippen LogP contribution in [0.25, 0.3) is 4.96 Å². The molecule has 22 heavy (non-hydrogen) atoms. The van der Waals surface area contributed by atoms with Crippen molar-refractivity contribution in [3.8, 4) is 0 Å². The highest BCUT2D eigenvalue weighted by Gasteiger charge is 2.10. The van der Waals surface area contributed by atoms with E-state index in [4.69, 9.17) is 5.11 Å². The van der Waals surface area contributed by atoms with E-state index in [0.717, 1.165) is 11.4 Å². The molecule has 3 aromatic rings. The van der Waals surface area contributed by atoms with Crippen LogP contribution in [0.4, 0.5) is 5.69 Å². The molecule has 1 aromatic carbocycles. The molecule has 0 radical (unpaired) electrons. The zero-order valence-electron chi connectivity index (χ0n) is 12.1. The second-order valence-electron chi connectivity index (χ2n) is 4.98. The van der Waals surface area contributed by atoms with Gasteiger partial charge < -0.3 is 10.0 Å². The summed E-state index contributed by atoms with van der Waals surface area (Å²) in [5.41, 5.74) is 1.75. The topological polar surface area (TPSA) is 57.8 Å². The van der Waals surface area contributed by atoms with E-state index in [9.17, 15) is 4.79 Å². The molecule has 0 spiro atoms. The van der Waals surface area contributed by atoms with Gasteiger partial charge >= 0.3 is 0 Å². The number of hydrogen-bond donors (Lipinski definition) is 1. The minimum Gasteiger partial charge on any atom is -0.396 e. The molecule has 6 heteroatoms. The summed E-state index contributed by atoms with van der Waals surface area (Å²) in [6.45, 7) is 1.41. The molecule has 0 aliphatic carbocycles. The van der Waals surface area contributed by atoms with Gasteiger partial charge in [0.05, 0.1) is 12.2 Å². The summed E-state index contributed by atoms with van der Waals surface area (Å²) in [7, 11) is 0. The van der Waals surface area contributed by atoms with Crippen molar-refractivity contribution in [3.63, 3.8) is 0 Å². The zero-order valence-corrected chi connectivity index (χ0v) is 12.9. The maximum Gasteiger partial charge on any atom is 0.258 e. The molecule has 0 aliphatic rings. The third-order valence-electron chi connectivity index (χ3n) is 3.42. The Kier molecular flexibility index (Phi) is 4.50. The van der Waals surface area contributed by atoms with E-state index in [1.165, 1.54) is 11.3 Å². The smallest absolute Gasteiger partial charge is 0.258 e. The summed E-state index contributed by atoms with van der Waals surface area (Å²) in [6.07, 6.45) is 2.41. The molecule has 0 saturated heterocycles. The monoisotopic (exact) mass is 315 g/mol. The van der Waals surface area contributed by atoms with E-state index >= 15 is 0 Å². The number of aliphatic hydroxyl groups is 1. The first-order valence-electron chi connectivity index (χ1n) is 7.14. The van der Waals surface area contributed by atoms with Gasteiger partial charge in [-0.2, -0.15) is 0 Å². The van der Waals surface area contributed by atoms with Crippen LogP contribution in [0.3, 0.4) is 0 Å². The zero-order chi connectivity index (χ0) is 15.4. The fraction of sp³-hybridized carbons (Fsp3) is 0.250. The van der Waals surface area contributed by atoms with Crippen molar-refractivity contribution in [2.45, 2.75) is 13.0 Å². The molecule has 0 unspecified atom stereocenters. The number of fused-ring (bicyclic) bond motifs is 1. The van der Waals surface area contributed by atoms with Gasteiger partial charge in [-0.15, -0.1) is 11.3 Å². The second-order valence-corrected chi connectivity index (χ2v) is 5.85. The molecule has 114 valence electrons. The van der Waals surface area contributed by atoms with Crippen LogP contribution in [0, 0.1) is 0 Å². The molecule has 0 bridgehead atoms. The Hall–Kier alpha value is -2.18. The van der Waals surface area contributed by atoms with Crippen LogP contribution in [-0.2, 0) is 6.54 Å². The first-order valence-corrected chi connectivity index (χ1v) is 8.02. The summed E-state index contributed by atoms with van der Waals surface area (Å²) in [5.74, 6) is 0. The number of benzene rings is 1. The molecule has 0 saturated carbocycles. The molecule has 0 atom stereocenters. The van der Waals surface area contributed by atoms with Crippen LogP contribution in [0.5, 0.6) is 0 Å². The highest BCUT2D eigenvalue weighted by Crippen LogP contribution is 2.17. The minimum absolute atomic E-state index is 0.0589. The van der Waals surface area contributed by atoms with Crippen molar-refractivity contribution < 1.29 is 5.11 Å². The number of aromatic nitrogens is 2. The van der Waals surface area contributed by atoms with E-state index in [1.54, 1.807) is 16.7 Å². The average Bonchev–Trinajstić information content (AvgIpc) is 3.01. The van der Waals surface area contributed by atoms with Crippen molar-refractivity contribution in [2.24, 2.45) is 0 Å². The Morgan fingerprint density at radius 3 is 2.86 bits per heavy atom. The lowest BCUT2D eigenvalue weighted by molar-refractivity contribution is 0.289. The van der Waals surface area contributed by atoms with Crippen molar-refractivity contribution in [3.05, 3.63) is 64.0 Å². The summed E-state index contributed by atoms with van der Waals surface area (Å²) < 4.78 is 1.55. The Morgan fingerprint density at radius 1 is 1.27 bits per heavy atom. The average molecular weight is 315 g/mol. The molecule has 5 nitrogen and oxygen atoms in total. The number of thiazole rings is 1. The van der Waals surface area contributed by atoms with Crippen molar-refractivity contribution in [1.82, 2.24) is 9.38 Å². The molecule has 3 rings (SSSR count). The largest absolute Gasteiger partial charge is 0.396 e. The first kappa shape index (κ1) is 14.7. The van der Waals surface area contributed by atoms with Gasteiger partial charge in [0.2, 0.25) is 0 Å². The van der Waals surface area contributed by atoms with Crippen LogP contribution < -0.4 is 10.5 Å². The third-order valence-corrected chi connectivity index (χ3v) is 4.17. The summed E-state index contributed by atoms with van der Waals surface area (Å²) >= 11 is 1.45. The fourth-order valence-corrected chi connectivity index (χ4v) is 3.10. The normalized spacial score (nSPS) is 11.0. The number of aliphatic hydroxyl groups excluding tert-OH is 1. The van der Waals surface area contributed by atoms with E-state index in [-0.39, 0.29) is 12.2 Å². The fourth-order valence-electron chi connectivity index (χ4n) is 2.36. The van der Waals surface area contributed by atoms with Gasteiger partial charge in [-0.3, -0.25) is 9.20 Å². The highest BCUT2D eigenvalue weighted by molar-refractivity contribution is 7.15. The minimum atomic E-state index is -0.0589. The Morgan fingerprint density at radius 2 is 2.09 bits per heavy atom. The van der Waals surface area contributed by atoms with Gasteiger partial charge in [-0.05, 0) is 18.6 Å². The van der Waals surface area contributed by atoms with Gasteiger partial charge in [-0.25, -0.2) is 4.98 Å². The Labute approximate surface area is 132 Å². The summed E-state index contributed by atoms with van der Waals surface area (Å²) in [5, 5.41) is 10.9. The summed E-state index contributed by atoms with van der Waals surface area (Å²) in [4.78, 5) is 19.4. The third kappa shape index (κ3) is 3.18. The molecular weight excluding hydrogens is 298 g/mol. The molecule has 0 aliphatic heterocycles. The Balaban J connectivity index is 1.89. The van der Waals surface area contributed by atoms with E-state index in [1.807, 2.05) is 35.7 Å². The predicted octanol–water partition coefficient (Wildman–Crippen LogP) is 2.15. The lowest BCUT2D eigenvalue weighted by atomic mass is 10.2. The van der Waals surface area contributed by atoms with Crippen molar-refractivity contribution in [1.29, 1.82) is 0 Å². The molecular formula is C16H17N3O2S. The second kappa shape index (κ2) is 6.72. The summed E-state index contributed by atoms with van der Waals surface area (Å²) in [6, 6.07) is 11.5. The van der Waals surface area contributed by atoms with Gasteiger partial charge in [0.15, 0.2) is 4.96 Å². The molecule has 0 amide bonds. The maximum atomic E-state index is 12.1. The number of anilines is 1. The Bertz CT molecular complexity index is 798. The number of hydrogen-bond acceptors (Lipinski definition) is 5. The molecule has 1 N–H and O–H groups in total. The molecule has 2 aromatic heterocycles. The van der Waals surface area contributed by atoms with Crippen LogP contribution in [0.2, 0.25) is 0 Å². The SMILES string of the molecule is O=c1cc(CN(CCCO)c2ccccc2)nc2sccn12. The standard InChI is InChI=1S/C16H17N3O2S/c20-9-4-7-18(14-5-2-1-3-6-14)12-13-11-15(21)19-8-10-22-16(19)17-13/h1-3,5-6,8,10-11,20H,4,7,9,12H2.